The Kier molecular flexibility index (Phi) is 0.897. The molecule has 0 aromatic heterocycles. The highest BCUT2D eigenvalue weighted by Gasteiger charge is 2.24. The van der Waals surface area contributed by atoms with Gasteiger partial charge in [-0.05, 0) is 12.5 Å². The van der Waals surface area contributed by atoms with Crippen LogP contribution in [0.4, 0.5) is 0 Å². The summed E-state index contributed by atoms with van der Waals surface area (Å²) in [6.45, 7) is 3.21. The van der Waals surface area contributed by atoms with Crippen molar-refractivity contribution < 1.29 is 9.90 Å². The summed E-state index contributed by atoms with van der Waals surface area (Å²) in [6.07, 6.45) is 0. The van der Waals surface area contributed by atoms with E-state index >= 15 is 0 Å². The molecule has 0 spiro atoms. The summed E-state index contributed by atoms with van der Waals surface area (Å²) in [4.78, 5) is 10.5. The minimum absolute atomic E-state index is 0.00926. The molecule has 0 radical (unpaired) electrons. The van der Waals surface area contributed by atoms with Gasteiger partial charge in [-0.3, -0.25) is 4.79 Å². The highest BCUT2D eigenvalue weighted by Crippen LogP contribution is 2.24. The lowest BCUT2D eigenvalue weighted by Crippen LogP contribution is -2.34. The number of allylic oxidation sites excluding steroid dienone is 2. The van der Waals surface area contributed by atoms with Gasteiger partial charge in [-0.1, -0.05) is 6.92 Å². The molecule has 1 aliphatic carbocycles. The van der Waals surface area contributed by atoms with E-state index in [0.29, 0.717) is 5.57 Å². The summed E-state index contributed by atoms with van der Waals surface area (Å²) >= 11 is 0. The van der Waals surface area contributed by atoms with Crippen molar-refractivity contribution in [2.75, 3.05) is 0 Å². The number of Topliss-reactive ketones (excluding diaryl/α,β-unsaturated/α-hetero) is 1. The molecule has 0 heterocycles. The van der Waals surface area contributed by atoms with Crippen molar-refractivity contribution in [1.82, 2.24) is 0 Å². The lowest BCUT2D eigenvalue weighted by molar-refractivity contribution is -0.318. The highest BCUT2D eigenvalue weighted by molar-refractivity contribution is 6.04. The van der Waals surface area contributed by atoms with Gasteiger partial charge in [0, 0.05) is 5.92 Å². The molecular formula is C6H7O2-. The Morgan fingerprint density at radius 3 is 2.25 bits per heavy atom. The minimum atomic E-state index is -0.338. The Morgan fingerprint density at radius 1 is 1.62 bits per heavy atom. The molecule has 0 aromatic rings. The molecule has 0 saturated carbocycles. The van der Waals surface area contributed by atoms with Crippen molar-refractivity contribution in [1.29, 1.82) is 0 Å². The average molecular weight is 111 g/mol. The molecule has 8 heavy (non-hydrogen) atoms. The molecular weight excluding hydrogens is 104 g/mol. The second kappa shape index (κ2) is 1.34. The molecule has 0 N–H and O–H groups in total. The van der Waals surface area contributed by atoms with Crippen molar-refractivity contribution in [2.45, 2.75) is 13.8 Å². The Bertz CT molecular complexity index is 167. The molecule has 44 valence electrons. The van der Waals surface area contributed by atoms with Gasteiger partial charge in [-0.15, -0.1) is 5.76 Å². The van der Waals surface area contributed by atoms with Gasteiger partial charge in [0.1, 0.15) is 0 Å². The fraction of sp³-hybridized carbons (Fsp3) is 0.500. The Balaban J connectivity index is 2.90. The van der Waals surface area contributed by atoms with Crippen LogP contribution in [0.3, 0.4) is 0 Å². The van der Waals surface area contributed by atoms with Gasteiger partial charge in [0.05, 0.1) is 0 Å². The predicted octanol–water partition coefficient (Wildman–Crippen LogP) is -0.161. The van der Waals surface area contributed by atoms with Crippen LogP contribution in [-0.4, -0.2) is 5.78 Å². The van der Waals surface area contributed by atoms with Crippen molar-refractivity contribution in [3.8, 4) is 0 Å². The molecule has 0 aromatic carbocycles. The Labute approximate surface area is 47.8 Å². The van der Waals surface area contributed by atoms with Crippen LogP contribution in [0, 0.1) is 5.92 Å². The van der Waals surface area contributed by atoms with Crippen LogP contribution in [0.5, 0.6) is 0 Å². The van der Waals surface area contributed by atoms with E-state index in [1.54, 1.807) is 13.8 Å². The maximum absolute atomic E-state index is 10.5. The third kappa shape index (κ3) is 0.399. The third-order valence-corrected chi connectivity index (χ3v) is 1.53. The van der Waals surface area contributed by atoms with Gasteiger partial charge in [-0.25, -0.2) is 0 Å². The van der Waals surface area contributed by atoms with E-state index in [2.05, 4.69) is 0 Å². The zero-order valence-electron chi connectivity index (χ0n) is 4.89. The number of carbonyl (C=O) groups is 1. The molecule has 1 rings (SSSR count). The second-order valence-corrected chi connectivity index (χ2v) is 2.08. The van der Waals surface area contributed by atoms with Crippen LogP contribution in [0.15, 0.2) is 11.3 Å². The lowest BCUT2D eigenvalue weighted by atomic mass is 9.85. The summed E-state index contributed by atoms with van der Waals surface area (Å²) in [7, 11) is 0. The Hall–Kier alpha value is -0.790. The normalized spacial score (nSPS) is 28.2. The first-order valence-corrected chi connectivity index (χ1v) is 2.56. The largest absolute Gasteiger partial charge is 0.875 e. The van der Waals surface area contributed by atoms with Gasteiger partial charge in [0.15, 0.2) is 5.78 Å². The molecule has 1 atom stereocenters. The first kappa shape index (κ1) is 5.35. The second-order valence-electron chi connectivity index (χ2n) is 2.08. The van der Waals surface area contributed by atoms with E-state index in [4.69, 9.17) is 0 Å². The van der Waals surface area contributed by atoms with E-state index in [9.17, 15) is 9.90 Å². The van der Waals surface area contributed by atoms with Crippen molar-refractivity contribution in [3.05, 3.63) is 11.3 Å². The van der Waals surface area contributed by atoms with E-state index < -0.39 is 0 Å². The molecule has 0 amide bonds. The molecule has 2 heteroatoms. The molecule has 1 unspecified atom stereocenters. The predicted molar refractivity (Wildman–Crippen MR) is 26.9 cm³/mol. The Morgan fingerprint density at radius 2 is 2.12 bits per heavy atom. The monoisotopic (exact) mass is 111 g/mol. The number of rotatable bonds is 0. The minimum Gasteiger partial charge on any atom is -0.875 e. The average Bonchev–Trinajstić information content (AvgIpc) is 1.83. The molecule has 0 bridgehead atoms. The third-order valence-electron chi connectivity index (χ3n) is 1.53. The van der Waals surface area contributed by atoms with Crippen LogP contribution in [0.25, 0.3) is 0 Å². The summed E-state index contributed by atoms with van der Waals surface area (Å²) in [6, 6.07) is 0. The van der Waals surface area contributed by atoms with Crippen molar-refractivity contribution in [2.24, 2.45) is 5.92 Å². The van der Waals surface area contributed by atoms with E-state index in [1.807, 2.05) is 0 Å². The van der Waals surface area contributed by atoms with Gasteiger partial charge < -0.3 is 5.11 Å². The SMILES string of the molecule is CC1=C([O-])C(C)C1=O. The first-order chi connectivity index (χ1) is 3.64. The maximum atomic E-state index is 10.5. The first-order valence-electron chi connectivity index (χ1n) is 2.56. The molecule has 0 fully saturated rings. The van der Waals surface area contributed by atoms with Crippen LogP contribution < -0.4 is 5.11 Å². The molecule has 2 nitrogen and oxygen atoms in total. The quantitative estimate of drug-likeness (QED) is 0.435. The van der Waals surface area contributed by atoms with Crippen LogP contribution in [-0.2, 0) is 4.79 Å². The standard InChI is InChI=1S/C6H8O2/c1-3-5(7)4(2)6(3)8/h3,7H,1-2H3/p-1. The van der Waals surface area contributed by atoms with E-state index in [1.165, 1.54) is 0 Å². The van der Waals surface area contributed by atoms with Crippen LogP contribution >= 0.6 is 0 Å². The zero-order valence-corrected chi connectivity index (χ0v) is 4.89. The fourth-order valence-electron chi connectivity index (χ4n) is 0.812. The highest BCUT2D eigenvalue weighted by atomic mass is 16.3. The van der Waals surface area contributed by atoms with E-state index in [0.717, 1.165) is 0 Å². The fourth-order valence-corrected chi connectivity index (χ4v) is 0.812. The van der Waals surface area contributed by atoms with Gasteiger partial charge in [-0.2, -0.15) is 0 Å². The number of hydrogen-bond donors (Lipinski definition) is 0. The summed E-state index contributed by atoms with van der Waals surface area (Å²) < 4.78 is 0. The summed E-state index contributed by atoms with van der Waals surface area (Å²) in [5, 5.41) is 10.5. The summed E-state index contributed by atoms with van der Waals surface area (Å²) in [5.41, 5.74) is 0.414. The number of ketones is 1. The van der Waals surface area contributed by atoms with Crippen molar-refractivity contribution in [3.63, 3.8) is 0 Å². The molecule has 1 aliphatic rings. The van der Waals surface area contributed by atoms with Gasteiger partial charge in [0.2, 0.25) is 0 Å². The number of carbonyl (C=O) groups excluding carboxylic acids is 1. The smallest absolute Gasteiger partial charge is 0.163 e. The van der Waals surface area contributed by atoms with Gasteiger partial charge in [0.25, 0.3) is 0 Å². The lowest BCUT2D eigenvalue weighted by Gasteiger charge is -2.31. The maximum Gasteiger partial charge on any atom is 0.163 e. The van der Waals surface area contributed by atoms with E-state index in [-0.39, 0.29) is 17.5 Å². The van der Waals surface area contributed by atoms with Crippen LogP contribution in [0.2, 0.25) is 0 Å². The van der Waals surface area contributed by atoms with Crippen molar-refractivity contribution >= 4 is 5.78 Å². The van der Waals surface area contributed by atoms with Gasteiger partial charge >= 0.3 is 0 Å². The number of hydrogen-bond acceptors (Lipinski definition) is 2. The molecule has 0 saturated heterocycles. The topological polar surface area (TPSA) is 40.1 Å². The molecule has 0 aliphatic heterocycles. The summed E-state index contributed by atoms with van der Waals surface area (Å²) in [5.74, 6) is -0.319. The van der Waals surface area contributed by atoms with Crippen LogP contribution in [0.1, 0.15) is 13.8 Å². The zero-order chi connectivity index (χ0) is 6.31.